The summed E-state index contributed by atoms with van der Waals surface area (Å²) in [5, 5.41) is 13.5. The smallest absolute Gasteiger partial charge is 0.297 e. The van der Waals surface area contributed by atoms with Crippen molar-refractivity contribution in [2.45, 2.75) is 90.1 Å². The number of nitrogens with zero attached hydrogens (tertiary/aromatic N) is 4. The molecule has 1 aliphatic rings. The summed E-state index contributed by atoms with van der Waals surface area (Å²) in [7, 11) is 0.185. The number of aromatic nitrogens is 2. The molecule has 11 nitrogen and oxygen atoms in total. The van der Waals surface area contributed by atoms with Crippen LogP contribution in [0.2, 0.25) is 43.8 Å². The molecule has 0 unspecified atom stereocenters. The number of likely N-dealkylation sites (tertiary alicyclic amines) is 1. The first-order valence-electron chi connectivity index (χ1n) is 16.9. The molecule has 0 saturated carbocycles. The highest BCUT2D eigenvalue weighted by Gasteiger charge is 2.37. The Kier molecular flexibility index (Phi) is 12.7. The van der Waals surface area contributed by atoms with Gasteiger partial charge in [0.05, 0.1) is 31.0 Å². The SMILES string of the molecule is COCc1cc(C#N)cc(OCOCC[Si](C)(C)C)c1-c1cc(OC)c2oc(N[C@@H]3CCCN(CCO[Si](C)(C)C(C)(C)C)C3)nc2n1. The molecule has 0 spiro atoms. The summed E-state index contributed by atoms with van der Waals surface area (Å²) >= 11 is 0. The van der Waals surface area contributed by atoms with Gasteiger partial charge in [-0.1, -0.05) is 40.4 Å². The fourth-order valence-electron chi connectivity index (χ4n) is 5.38. The molecule has 2 aromatic heterocycles. The molecule has 48 heavy (non-hydrogen) atoms. The lowest BCUT2D eigenvalue weighted by molar-refractivity contribution is 0.0222. The second-order valence-corrected chi connectivity index (χ2v) is 25.7. The van der Waals surface area contributed by atoms with Gasteiger partial charge in [0, 0.05) is 59.2 Å². The van der Waals surface area contributed by atoms with Crippen molar-refractivity contribution in [3.8, 4) is 28.8 Å². The van der Waals surface area contributed by atoms with Gasteiger partial charge in [0.15, 0.2) is 20.9 Å². The predicted molar refractivity (Wildman–Crippen MR) is 195 cm³/mol. The van der Waals surface area contributed by atoms with Crippen LogP contribution < -0.4 is 14.8 Å². The Morgan fingerprint density at radius 3 is 2.50 bits per heavy atom. The monoisotopic (exact) mass is 697 g/mol. The number of nitriles is 1. The Morgan fingerprint density at radius 2 is 1.83 bits per heavy atom. The van der Waals surface area contributed by atoms with Crippen molar-refractivity contribution < 1.29 is 27.8 Å². The number of anilines is 1. The second-order valence-electron chi connectivity index (χ2n) is 15.3. The molecule has 1 N–H and O–H groups in total. The zero-order chi connectivity index (χ0) is 35.1. The van der Waals surface area contributed by atoms with Crippen LogP contribution in [0.25, 0.3) is 22.5 Å². The van der Waals surface area contributed by atoms with Gasteiger partial charge < -0.3 is 33.1 Å². The van der Waals surface area contributed by atoms with Crippen LogP contribution in [0.3, 0.4) is 0 Å². The minimum Gasteiger partial charge on any atom is -0.493 e. The molecule has 0 amide bonds. The van der Waals surface area contributed by atoms with Gasteiger partial charge in [0.2, 0.25) is 11.2 Å². The van der Waals surface area contributed by atoms with Crippen LogP contribution in [0, 0.1) is 11.3 Å². The van der Waals surface area contributed by atoms with Crippen LogP contribution in [-0.2, 0) is 20.5 Å². The summed E-state index contributed by atoms with van der Waals surface area (Å²) in [5.74, 6) is 0.971. The van der Waals surface area contributed by atoms with Gasteiger partial charge in [0.1, 0.15) is 5.75 Å². The maximum absolute atomic E-state index is 9.75. The number of oxazole rings is 1. The van der Waals surface area contributed by atoms with Gasteiger partial charge in [0.25, 0.3) is 6.01 Å². The molecule has 1 fully saturated rings. The first kappa shape index (κ1) is 37.8. The fourth-order valence-corrected chi connectivity index (χ4v) is 7.17. The number of fused-ring (bicyclic) bond motifs is 1. The number of methoxy groups -OCH3 is 2. The molecule has 1 aliphatic heterocycles. The van der Waals surface area contributed by atoms with Crippen LogP contribution in [0.5, 0.6) is 11.5 Å². The second kappa shape index (κ2) is 16.1. The maximum atomic E-state index is 9.75. The number of ether oxygens (including phenoxy) is 4. The Balaban J connectivity index is 1.55. The van der Waals surface area contributed by atoms with E-state index < -0.39 is 16.4 Å². The highest BCUT2D eigenvalue weighted by Crippen LogP contribution is 2.39. The molecular weight excluding hydrogens is 643 g/mol. The van der Waals surface area contributed by atoms with Gasteiger partial charge in [-0.25, -0.2) is 4.98 Å². The maximum Gasteiger partial charge on any atom is 0.297 e. The number of rotatable bonds is 16. The average Bonchev–Trinajstić information content (AvgIpc) is 3.41. The molecule has 264 valence electrons. The summed E-state index contributed by atoms with van der Waals surface area (Å²) in [6.45, 7) is 22.8. The van der Waals surface area contributed by atoms with Crippen LogP contribution >= 0.6 is 0 Å². The molecule has 4 rings (SSSR count). The normalized spacial score (nSPS) is 16.2. The van der Waals surface area contributed by atoms with Crippen molar-refractivity contribution in [2.75, 3.05) is 59.2 Å². The van der Waals surface area contributed by atoms with Gasteiger partial charge in [-0.15, -0.1) is 0 Å². The van der Waals surface area contributed by atoms with Crippen molar-refractivity contribution in [1.82, 2.24) is 14.9 Å². The van der Waals surface area contributed by atoms with Gasteiger partial charge >= 0.3 is 0 Å². The number of piperidine rings is 1. The zero-order valence-corrected chi connectivity index (χ0v) is 32.6. The quantitative estimate of drug-likeness (QED) is 0.0909. The molecule has 3 aromatic rings. The van der Waals surface area contributed by atoms with Gasteiger partial charge in [-0.05, 0) is 61.3 Å². The molecule has 1 saturated heterocycles. The molecule has 1 aromatic carbocycles. The van der Waals surface area contributed by atoms with E-state index in [4.69, 9.17) is 37.8 Å². The first-order chi connectivity index (χ1) is 22.6. The predicted octanol–water partition coefficient (Wildman–Crippen LogP) is 7.51. The van der Waals surface area contributed by atoms with Crippen molar-refractivity contribution in [3.05, 3.63) is 29.3 Å². The third-order valence-electron chi connectivity index (χ3n) is 9.22. The van der Waals surface area contributed by atoms with E-state index in [-0.39, 0.29) is 24.5 Å². The highest BCUT2D eigenvalue weighted by molar-refractivity contribution is 6.76. The Labute approximate surface area is 288 Å². The minimum atomic E-state index is -1.78. The van der Waals surface area contributed by atoms with E-state index in [2.05, 4.69) is 69.8 Å². The number of benzene rings is 1. The van der Waals surface area contributed by atoms with Gasteiger partial charge in [-0.2, -0.15) is 10.2 Å². The molecule has 0 radical (unpaired) electrons. The largest absolute Gasteiger partial charge is 0.493 e. The molecule has 0 aliphatic carbocycles. The van der Waals surface area contributed by atoms with E-state index in [9.17, 15) is 5.26 Å². The van der Waals surface area contributed by atoms with Crippen molar-refractivity contribution in [2.24, 2.45) is 0 Å². The summed E-state index contributed by atoms with van der Waals surface area (Å²) < 4.78 is 35.9. The van der Waals surface area contributed by atoms with E-state index >= 15 is 0 Å². The lowest BCUT2D eigenvalue weighted by Crippen LogP contribution is -2.46. The first-order valence-corrected chi connectivity index (χ1v) is 23.5. The van der Waals surface area contributed by atoms with Gasteiger partial charge in [-0.3, -0.25) is 4.90 Å². The average molecular weight is 698 g/mol. The molecule has 1 atom stereocenters. The summed E-state index contributed by atoms with van der Waals surface area (Å²) in [5.41, 5.74) is 3.33. The molecule has 3 heterocycles. The highest BCUT2D eigenvalue weighted by atomic mass is 28.4. The van der Waals surface area contributed by atoms with Crippen LogP contribution in [0.15, 0.2) is 22.6 Å². The van der Waals surface area contributed by atoms with Crippen molar-refractivity contribution in [1.29, 1.82) is 5.26 Å². The number of pyridine rings is 1. The third-order valence-corrected chi connectivity index (χ3v) is 15.5. The molecule has 0 bridgehead atoms. The van der Waals surface area contributed by atoms with Crippen LogP contribution in [0.4, 0.5) is 6.01 Å². The van der Waals surface area contributed by atoms with E-state index in [0.717, 1.165) is 50.7 Å². The van der Waals surface area contributed by atoms with Crippen molar-refractivity contribution >= 4 is 33.6 Å². The Hall–Kier alpha value is -3.00. The topological polar surface area (TPSA) is 124 Å². The van der Waals surface area contributed by atoms with E-state index in [0.29, 0.717) is 52.2 Å². The van der Waals surface area contributed by atoms with E-state index in [1.54, 1.807) is 26.4 Å². The minimum absolute atomic E-state index is 0.0526. The summed E-state index contributed by atoms with van der Waals surface area (Å²) in [4.78, 5) is 12.1. The summed E-state index contributed by atoms with van der Waals surface area (Å²) in [6, 6.07) is 9.14. The zero-order valence-electron chi connectivity index (χ0n) is 30.6. The lowest BCUT2D eigenvalue weighted by atomic mass is 10.00. The van der Waals surface area contributed by atoms with E-state index in [1.807, 2.05) is 6.07 Å². The molecule has 13 heteroatoms. The lowest BCUT2D eigenvalue weighted by Gasteiger charge is -2.38. The number of hydrogen-bond acceptors (Lipinski definition) is 11. The molecular formula is C35H55N5O6Si2. The number of hydrogen-bond donors (Lipinski definition) is 1. The third kappa shape index (κ3) is 10.0. The van der Waals surface area contributed by atoms with Crippen molar-refractivity contribution in [3.63, 3.8) is 0 Å². The number of nitrogens with one attached hydrogen (secondary N) is 1. The van der Waals surface area contributed by atoms with Crippen LogP contribution in [0.1, 0.15) is 44.7 Å². The standard InChI is InChI=1S/C35H55N5O6Si2/c1-35(2,3)48(9,10)45-15-14-40-13-11-12-27(22-40)37-34-39-33-32(46-34)30(42-5)20-28(38-33)31-26(23-41-4)18-25(21-36)19-29(31)44-24-43-16-17-47(6,7)8/h18-20,27H,11-17,22-24H2,1-10H3,(H,37,38,39)/t27-/m1/s1. The Bertz CT molecular complexity index is 1560. The summed E-state index contributed by atoms with van der Waals surface area (Å²) in [6.07, 6.45) is 2.09. The Morgan fingerprint density at radius 1 is 1.06 bits per heavy atom. The fraction of sp³-hybridized carbons (Fsp3) is 0.629. The van der Waals surface area contributed by atoms with Crippen LogP contribution in [-0.4, -0.2) is 91.2 Å². The van der Waals surface area contributed by atoms with E-state index in [1.165, 1.54) is 0 Å².